The van der Waals surface area contributed by atoms with Gasteiger partial charge in [0, 0.05) is 32.0 Å². The van der Waals surface area contributed by atoms with E-state index in [-0.39, 0.29) is 6.03 Å². The van der Waals surface area contributed by atoms with Gasteiger partial charge in [-0.3, -0.25) is 4.68 Å². The van der Waals surface area contributed by atoms with E-state index in [1.54, 1.807) is 6.20 Å². The number of urea groups is 1. The first-order valence-corrected chi connectivity index (χ1v) is 6.79. The van der Waals surface area contributed by atoms with Gasteiger partial charge >= 0.3 is 6.03 Å². The standard InChI is InChI=1S/C13H22N4O2/c1-11(9-17-7-3-6-16-17)8-14-12(18)15-10-13(19)4-2-5-13/h3,6-7,11,19H,2,4-5,8-10H2,1H3,(H2,14,15,18). The molecule has 2 amide bonds. The summed E-state index contributed by atoms with van der Waals surface area (Å²) in [7, 11) is 0. The lowest BCUT2D eigenvalue weighted by atomic mass is 9.80. The Labute approximate surface area is 113 Å². The van der Waals surface area contributed by atoms with Gasteiger partial charge in [-0.25, -0.2) is 4.79 Å². The SMILES string of the molecule is CC(CNC(=O)NCC1(O)CCC1)Cn1cccn1. The lowest BCUT2D eigenvalue weighted by molar-refractivity contribution is -0.0290. The van der Waals surface area contributed by atoms with Gasteiger partial charge < -0.3 is 15.7 Å². The molecule has 1 atom stereocenters. The third-order valence-electron chi connectivity index (χ3n) is 3.53. The number of nitrogens with zero attached hydrogens (tertiary/aromatic N) is 2. The summed E-state index contributed by atoms with van der Waals surface area (Å²) < 4.78 is 1.85. The Morgan fingerprint density at radius 2 is 2.32 bits per heavy atom. The zero-order valence-electron chi connectivity index (χ0n) is 11.3. The van der Waals surface area contributed by atoms with Crippen LogP contribution in [0.25, 0.3) is 0 Å². The molecule has 1 aromatic rings. The van der Waals surface area contributed by atoms with Crippen molar-refractivity contribution < 1.29 is 9.90 Å². The fourth-order valence-electron chi connectivity index (χ4n) is 2.13. The minimum atomic E-state index is -0.669. The molecule has 3 N–H and O–H groups in total. The molecular weight excluding hydrogens is 244 g/mol. The van der Waals surface area contributed by atoms with E-state index in [1.165, 1.54) is 0 Å². The summed E-state index contributed by atoms with van der Waals surface area (Å²) in [6.07, 6.45) is 6.25. The first-order valence-electron chi connectivity index (χ1n) is 6.79. The van der Waals surface area contributed by atoms with Crippen molar-refractivity contribution in [2.45, 2.75) is 38.3 Å². The number of amides is 2. The van der Waals surface area contributed by atoms with Gasteiger partial charge in [-0.15, -0.1) is 0 Å². The van der Waals surface area contributed by atoms with Gasteiger partial charge in [-0.05, 0) is 31.2 Å². The summed E-state index contributed by atoms with van der Waals surface area (Å²) in [6, 6.07) is 1.67. The summed E-state index contributed by atoms with van der Waals surface area (Å²) in [4.78, 5) is 11.6. The maximum absolute atomic E-state index is 11.6. The fraction of sp³-hybridized carbons (Fsp3) is 0.692. The number of carbonyl (C=O) groups is 1. The monoisotopic (exact) mass is 266 g/mol. The molecule has 1 aromatic heterocycles. The maximum atomic E-state index is 11.6. The summed E-state index contributed by atoms with van der Waals surface area (Å²) in [5.74, 6) is 0.303. The van der Waals surface area contributed by atoms with Crippen molar-refractivity contribution in [1.29, 1.82) is 0 Å². The van der Waals surface area contributed by atoms with Gasteiger partial charge in [-0.1, -0.05) is 6.92 Å². The number of carbonyl (C=O) groups excluding carboxylic acids is 1. The van der Waals surface area contributed by atoms with E-state index in [1.807, 2.05) is 16.9 Å². The molecule has 0 bridgehead atoms. The van der Waals surface area contributed by atoms with Crippen molar-refractivity contribution in [3.63, 3.8) is 0 Å². The van der Waals surface area contributed by atoms with Crippen molar-refractivity contribution in [2.24, 2.45) is 5.92 Å². The molecule has 0 spiro atoms. The molecular formula is C13H22N4O2. The van der Waals surface area contributed by atoms with E-state index < -0.39 is 5.60 Å². The van der Waals surface area contributed by atoms with Gasteiger partial charge in [0.15, 0.2) is 0 Å². The zero-order chi connectivity index (χ0) is 13.7. The van der Waals surface area contributed by atoms with E-state index in [0.717, 1.165) is 25.8 Å². The molecule has 6 nitrogen and oxygen atoms in total. The number of aliphatic hydroxyl groups is 1. The Balaban J connectivity index is 1.60. The molecule has 1 unspecified atom stereocenters. The van der Waals surface area contributed by atoms with E-state index in [0.29, 0.717) is 19.0 Å². The van der Waals surface area contributed by atoms with Crippen LogP contribution in [0.4, 0.5) is 4.79 Å². The highest BCUT2D eigenvalue weighted by Crippen LogP contribution is 2.30. The van der Waals surface area contributed by atoms with Gasteiger partial charge in [-0.2, -0.15) is 5.10 Å². The molecule has 1 aliphatic carbocycles. The highest BCUT2D eigenvalue weighted by Gasteiger charge is 2.34. The molecule has 1 heterocycles. The molecule has 6 heteroatoms. The molecule has 2 rings (SSSR count). The van der Waals surface area contributed by atoms with Crippen LogP contribution in [0.1, 0.15) is 26.2 Å². The van der Waals surface area contributed by atoms with Crippen molar-refractivity contribution in [2.75, 3.05) is 13.1 Å². The van der Waals surface area contributed by atoms with Crippen LogP contribution >= 0.6 is 0 Å². The lowest BCUT2D eigenvalue weighted by Crippen LogP contribution is -2.50. The fourth-order valence-corrected chi connectivity index (χ4v) is 2.13. The van der Waals surface area contributed by atoms with Gasteiger partial charge in [0.05, 0.1) is 5.60 Å². The molecule has 106 valence electrons. The van der Waals surface area contributed by atoms with Gasteiger partial charge in [0.2, 0.25) is 0 Å². The minimum absolute atomic E-state index is 0.215. The summed E-state index contributed by atoms with van der Waals surface area (Å²) >= 11 is 0. The van der Waals surface area contributed by atoms with E-state index in [2.05, 4.69) is 22.7 Å². The van der Waals surface area contributed by atoms with Crippen molar-refractivity contribution in [1.82, 2.24) is 20.4 Å². The molecule has 0 aromatic carbocycles. The Kier molecular flexibility index (Phi) is 4.42. The third-order valence-corrected chi connectivity index (χ3v) is 3.53. The Morgan fingerprint density at radius 1 is 1.53 bits per heavy atom. The Bertz CT molecular complexity index is 401. The molecule has 1 saturated carbocycles. The number of rotatable bonds is 6. The molecule has 0 saturated heterocycles. The minimum Gasteiger partial charge on any atom is -0.388 e. The van der Waals surface area contributed by atoms with Crippen molar-refractivity contribution in [3.05, 3.63) is 18.5 Å². The van der Waals surface area contributed by atoms with Gasteiger partial charge in [0.1, 0.15) is 0 Å². The second-order valence-corrected chi connectivity index (χ2v) is 5.47. The topological polar surface area (TPSA) is 79.2 Å². The Hall–Kier alpha value is -1.56. The smallest absolute Gasteiger partial charge is 0.314 e. The van der Waals surface area contributed by atoms with Crippen molar-refractivity contribution in [3.8, 4) is 0 Å². The van der Waals surface area contributed by atoms with Crippen LogP contribution in [0.5, 0.6) is 0 Å². The van der Waals surface area contributed by atoms with Crippen LogP contribution in [0, 0.1) is 5.92 Å². The summed E-state index contributed by atoms with van der Waals surface area (Å²) in [6.45, 7) is 3.76. The normalized spacial score (nSPS) is 18.4. The third kappa shape index (κ3) is 4.24. The highest BCUT2D eigenvalue weighted by molar-refractivity contribution is 5.73. The number of aromatic nitrogens is 2. The molecule has 0 aliphatic heterocycles. The quantitative estimate of drug-likeness (QED) is 0.710. The van der Waals surface area contributed by atoms with Crippen LogP contribution in [-0.2, 0) is 6.54 Å². The van der Waals surface area contributed by atoms with E-state index in [4.69, 9.17) is 0 Å². The molecule has 19 heavy (non-hydrogen) atoms. The molecule has 1 fully saturated rings. The van der Waals surface area contributed by atoms with Crippen LogP contribution < -0.4 is 10.6 Å². The predicted octanol–water partition coefficient (Wildman–Crippen LogP) is 0.733. The van der Waals surface area contributed by atoms with Crippen LogP contribution in [0.2, 0.25) is 0 Å². The lowest BCUT2D eigenvalue weighted by Gasteiger charge is -2.36. The first kappa shape index (κ1) is 13.9. The number of nitrogens with one attached hydrogen (secondary N) is 2. The van der Waals surface area contributed by atoms with E-state index >= 15 is 0 Å². The number of hydrogen-bond donors (Lipinski definition) is 3. The second kappa shape index (κ2) is 6.06. The summed E-state index contributed by atoms with van der Waals surface area (Å²) in [5.41, 5.74) is -0.669. The average molecular weight is 266 g/mol. The average Bonchev–Trinajstić information content (AvgIpc) is 2.84. The predicted molar refractivity (Wildman–Crippen MR) is 71.6 cm³/mol. The van der Waals surface area contributed by atoms with E-state index in [9.17, 15) is 9.90 Å². The van der Waals surface area contributed by atoms with Crippen molar-refractivity contribution >= 4 is 6.03 Å². The first-order chi connectivity index (χ1) is 9.07. The second-order valence-electron chi connectivity index (χ2n) is 5.47. The number of hydrogen-bond acceptors (Lipinski definition) is 3. The zero-order valence-corrected chi connectivity index (χ0v) is 11.3. The van der Waals surface area contributed by atoms with Crippen LogP contribution in [0.3, 0.4) is 0 Å². The molecule has 1 aliphatic rings. The highest BCUT2D eigenvalue weighted by atomic mass is 16.3. The van der Waals surface area contributed by atoms with Gasteiger partial charge in [0.25, 0.3) is 0 Å². The molecule has 0 radical (unpaired) electrons. The van der Waals surface area contributed by atoms with Crippen LogP contribution in [0.15, 0.2) is 18.5 Å². The summed E-state index contributed by atoms with van der Waals surface area (Å²) in [5, 5.41) is 19.5. The largest absolute Gasteiger partial charge is 0.388 e. The Morgan fingerprint density at radius 3 is 2.89 bits per heavy atom. The van der Waals surface area contributed by atoms with Crippen LogP contribution in [-0.4, -0.2) is 39.6 Å². The maximum Gasteiger partial charge on any atom is 0.314 e.